The SMILES string of the molecule is NC(=O)C1=CC(S(=O)(=O)c2ccc(Oc3ccc(Cc4ccccc4)cc3)cc2)OC=C1. The third-order valence-corrected chi connectivity index (χ3v) is 6.72. The Morgan fingerprint density at radius 1 is 0.875 bits per heavy atom. The number of hydrogen-bond acceptors (Lipinski definition) is 5. The van der Waals surface area contributed by atoms with E-state index >= 15 is 0 Å². The van der Waals surface area contributed by atoms with Crippen LogP contribution < -0.4 is 10.5 Å². The Morgan fingerprint density at radius 3 is 2.09 bits per heavy atom. The molecule has 0 saturated carbocycles. The van der Waals surface area contributed by atoms with Crippen molar-refractivity contribution in [3.8, 4) is 11.5 Å². The highest BCUT2D eigenvalue weighted by Gasteiger charge is 2.29. The lowest BCUT2D eigenvalue weighted by Gasteiger charge is -2.18. The van der Waals surface area contributed by atoms with Crippen molar-refractivity contribution >= 4 is 15.7 Å². The lowest BCUT2D eigenvalue weighted by Crippen LogP contribution is -2.25. The van der Waals surface area contributed by atoms with Gasteiger partial charge in [-0.1, -0.05) is 42.5 Å². The van der Waals surface area contributed by atoms with Crippen LogP contribution in [0.15, 0.2) is 108 Å². The van der Waals surface area contributed by atoms with Crippen LogP contribution in [0.5, 0.6) is 11.5 Å². The Kier molecular flexibility index (Phi) is 6.09. The minimum atomic E-state index is -3.87. The molecule has 1 aliphatic heterocycles. The highest BCUT2D eigenvalue weighted by molar-refractivity contribution is 7.92. The second kappa shape index (κ2) is 9.11. The zero-order valence-electron chi connectivity index (χ0n) is 17.0. The third kappa shape index (κ3) is 4.90. The maximum absolute atomic E-state index is 12.8. The number of amides is 1. The van der Waals surface area contributed by atoms with Gasteiger partial charge in [-0.3, -0.25) is 4.79 Å². The minimum absolute atomic E-state index is 0.0448. The lowest BCUT2D eigenvalue weighted by atomic mass is 10.1. The van der Waals surface area contributed by atoms with Gasteiger partial charge >= 0.3 is 0 Å². The number of carbonyl (C=O) groups excluding carboxylic acids is 1. The predicted octanol–water partition coefficient (Wildman–Crippen LogP) is 4.13. The van der Waals surface area contributed by atoms with Crippen LogP contribution in [0, 0.1) is 0 Å². The van der Waals surface area contributed by atoms with Crippen molar-refractivity contribution in [2.75, 3.05) is 0 Å². The van der Waals surface area contributed by atoms with Crippen molar-refractivity contribution in [1.82, 2.24) is 0 Å². The largest absolute Gasteiger partial charge is 0.478 e. The number of benzene rings is 3. The van der Waals surface area contributed by atoms with Crippen molar-refractivity contribution in [1.29, 1.82) is 0 Å². The quantitative estimate of drug-likeness (QED) is 0.588. The lowest BCUT2D eigenvalue weighted by molar-refractivity contribution is -0.114. The highest BCUT2D eigenvalue weighted by atomic mass is 32.2. The molecule has 1 atom stereocenters. The van der Waals surface area contributed by atoms with Gasteiger partial charge in [-0.25, -0.2) is 8.42 Å². The number of primary amides is 1. The van der Waals surface area contributed by atoms with Gasteiger partial charge < -0.3 is 15.2 Å². The zero-order chi connectivity index (χ0) is 22.6. The molecule has 1 heterocycles. The third-order valence-electron chi connectivity index (χ3n) is 4.93. The molecule has 0 bridgehead atoms. The number of ether oxygens (including phenoxy) is 2. The van der Waals surface area contributed by atoms with E-state index in [4.69, 9.17) is 15.2 Å². The molecule has 0 radical (unpaired) electrons. The van der Waals surface area contributed by atoms with Crippen LogP contribution in [0.2, 0.25) is 0 Å². The summed E-state index contributed by atoms with van der Waals surface area (Å²) in [5.41, 5.74) is 6.38. The van der Waals surface area contributed by atoms with Gasteiger partial charge in [0.2, 0.25) is 21.2 Å². The Labute approximate surface area is 186 Å². The monoisotopic (exact) mass is 447 g/mol. The molecule has 1 amide bonds. The molecule has 3 aromatic rings. The Hall–Kier alpha value is -3.84. The maximum atomic E-state index is 12.8. The summed E-state index contributed by atoms with van der Waals surface area (Å²) < 4.78 is 36.6. The summed E-state index contributed by atoms with van der Waals surface area (Å²) in [5, 5.41) is 0. The number of sulfone groups is 1. The molecule has 162 valence electrons. The molecule has 1 aliphatic rings. The first-order valence-corrected chi connectivity index (χ1v) is 11.4. The average molecular weight is 448 g/mol. The molecule has 4 rings (SSSR count). The number of rotatable bonds is 7. The van der Waals surface area contributed by atoms with E-state index in [-0.39, 0.29) is 10.5 Å². The van der Waals surface area contributed by atoms with E-state index in [1.54, 1.807) is 12.1 Å². The van der Waals surface area contributed by atoms with Gasteiger partial charge in [0, 0.05) is 5.57 Å². The highest BCUT2D eigenvalue weighted by Crippen LogP contribution is 2.27. The van der Waals surface area contributed by atoms with E-state index in [1.807, 2.05) is 42.5 Å². The smallest absolute Gasteiger partial charge is 0.248 e. The van der Waals surface area contributed by atoms with Crippen LogP contribution >= 0.6 is 0 Å². The van der Waals surface area contributed by atoms with Crippen molar-refractivity contribution in [2.45, 2.75) is 16.8 Å². The summed E-state index contributed by atoms with van der Waals surface area (Å²) in [7, 11) is -3.87. The Bertz CT molecular complexity index is 1260. The van der Waals surface area contributed by atoms with E-state index in [0.717, 1.165) is 18.2 Å². The van der Waals surface area contributed by atoms with Crippen molar-refractivity contribution in [2.24, 2.45) is 5.73 Å². The fourth-order valence-corrected chi connectivity index (χ4v) is 4.55. The van der Waals surface area contributed by atoms with Crippen LogP contribution in [-0.2, 0) is 25.8 Å². The van der Waals surface area contributed by atoms with E-state index in [0.29, 0.717) is 11.5 Å². The van der Waals surface area contributed by atoms with Gasteiger partial charge in [-0.2, -0.15) is 0 Å². The molecule has 2 N–H and O–H groups in total. The van der Waals surface area contributed by atoms with Gasteiger partial charge in [-0.05, 0) is 66.1 Å². The summed E-state index contributed by atoms with van der Waals surface area (Å²) in [6.07, 6.45) is 4.51. The van der Waals surface area contributed by atoms with Gasteiger partial charge in [0.25, 0.3) is 0 Å². The second-order valence-electron chi connectivity index (χ2n) is 7.22. The Morgan fingerprint density at radius 2 is 1.47 bits per heavy atom. The summed E-state index contributed by atoms with van der Waals surface area (Å²) >= 11 is 0. The summed E-state index contributed by atoms with van der Waals surface area (Å²) in [5.74, 6) is 0.424. The molecule has 0 saturated heterocycles. The molecule has 6 nitrogen and oxygen atoms in total. The molecule has 1 unspecified atom stereocenters. The first kappa shape index (κ1) is 21.4. The van der Waals surface area contributed by atoms with Crippen molar-refractivity contribution in [3.05, 3.63) is 114 Å². The molecular weight excluding hydrogens is 426 g/mol. The second-order valence-corrected chi connectivity index (χ2v) is 9.24. The van der Waals surface area contributed by atoms with Crippen LogP contribution in [0.1, 0.15) is 11.1 Å². The normalized spacial score (nSPS) is 15.5. The van der Waals surface area contributed by atoms with Crippen LogP contribution in [0.3, 0.4) is 0 Å². The maximum Gasteiger partial charge on any atom is 0.248 e. The van der Waals surface area contributed by atoms with E-state index in [1.165, 1.54) is 29.8 Å². The first-order chi connectivity index (χ1) is 15.4. The van der Waals surface area contributed by atoms with Gasteiger partial charge in [0.15, 0.2) is 0 Å². The van der Waals surface area contributed by atoms with Gasteiger partial charge in [0.1, 0.15) is 11.5 Å². The standard InChI is InChI=1S/C25H21NO5S/c26-25(27)20-14-15-30-24(17-20)32(28,29)23-12-10-22(11-13-23)31-21-8-6-19(7-9-21)16-18-4-2-1-3-5-18/h1-15,17,24H,16H2,(H2,26,27). The molecule has 0 fully saturated rings. The Balaban J connectivity index is 1.44. The minimum Gasteiger partial charge on any atom is -0.478 e. The summed E-state index contributed by atoms with van der Waals surface area (Å²) in [4.78, 5) is 11.4. The average Bonchev–Trinajstić information content (AvgIpc) is 2.81. The van der Waals surface area contributed by atoms with Crippen LogP contribution in [-0.4, -0.2) is 19.8 Å². The van der Waals surface area contributed by atoms with Crippen molar-refractivity contribution in [3.63, 3.8) is 0 Å². The first-order valence-electron chi connectivity index (χ1n) is 9.90. The molecule has 3 aromatic carbocycles. The predicted molar refractivity (Wildman–Crippen MR) is 121 cm³/mol. The van der Waals surface area contributed by atoms with E-state index < -0.39 is 21.2 Å². The topological polar surface area (TPSA) is 95.7 Å². The van der Waals surface area contributed by atoms with E-state index in [9.17, 15) is 13.2 Å². The van der Waals surface area contributed by atoms with Crippen LogP contribution in [0.4, 0.5) is 0 Å². The van der Waals surface area contributed by atoms with Crippen molar-refractivity contribution < 1.29 is 22.7 Å². The van der Waals surface area contributed by atoms with Gasteiger partial charge in [0.05, 0.1) is 11.2 Å². The molecule has 0 spiro atoms. The summed E-state index contributed by atoms with van der Waals surface area (Å²) in [6, 6.07) is 24.0. The van der Waals surface area contributed by atoms with E-state index in [2.05, 4.69) is 12.1 Å². The number of nitrogens with two attached hydrogens (primary N) is 1. The molecular formula is C25H21NO5S. The fraction of sp³-hybridized carbons (Fsp3) is 0.0800. The summed E-state index contributed by atoms with van der Waals surface area (Å²) in [6.45, 7) is 0. The number of hydrogen-bond donors (Lipinski definition) is 1. The molecule has 0 aliphatic carbocycles. The zero-order valence-corrected chi connectivity index (χ0v) is 17.9. The molecule has 0 aromatic heterocycles. The fourth-order valence-electron chi connectivity index (χ4n) is 3.23. The van der Waals surface area contributed by atoms with Crippen LogP contribution in [0.25, 0.3) is 0 Å². The number of carbonyl (C=O) groups is 1. The van der Waals surface area contributed by atoms with Gasteiger partial charge in [-0.15, -0.1) is 0 Å². The molecule has 7 heteroatoms. The molecule has 32 heavy (non-hydrogen) atoms.